The van der Waals surface area contributed by atoms with E-state index in [4.69, 9.17) is 4.74 Å². The molecule has 0 aliphatic heterocycles. The maximum Gasteiger partial charge on any atom is 0.416 e. The van der Waals surface area contributed by atoms with Gasteiger partial charge < -0.3 is 4.74 Å². The zero-order valence-corrected chi connectivity index (χ0v) is 21.2. The van der Waals surface area contributed by atoms with Gasteiger partial charge in [-0.15, -0.1) is 0 Å². The van der Waals surface area contributed by atoms with Crippen LogP contribution in [0.5, 0.6) is 0 Å². The molecule has 0 radical (unpaired) electrons. The summed E-state index contributed by atoms with van der Waals surface area (Å²) in [4.78, 5) is 30.7. The Bertz CT molecular complexity index is 1310. The third-order valence-corrected chi connectivity index (χ3v) is 7.65. The Morgan fingerprint density at radius 2 is 1.92 bits per heavy atom. The number of halogens is 3. The fraction of sp³-hybridized carbons (Fsp3) is 0.444. The lowest BCUT2D eigenvalue weighted by molar-refractivity contribution is -0.152. The SMILES string of the molecule is CC(C)[C@@H]1CC[C@H](C)C[C@@H]1OC(=O)CSc1nc2ccccc2c(=O)n1-c1cccc(C(F)(F)F)c1. The molecular formula is C27H29F3N2O3S. The quantitative estimate of drug-likeness (QED) is 0.212. The molecule has 1 heterocycles. The number of benzene rings is 2. The van der Waals surface area contributed by atoms with Crippen LogP contribution in [0.25, 0.3) is 16.6 Å². The number of thioether (sulfide) groups is 1. The number of alkyl halides is 3. The van der Waals surface area contributed by atoms with Gasteiger partial charge in [-0.3, -0.25) is 14.2 Å². The lowest BCUT2D eigenvalue weighted by atomic mass is 9.75. The van der Waals surface area contributed by atoms with Gasteiger partial charge in [-0.25, -0.2) is 4.98 Å². The Morgan fingerprint density at radius 3 is 2.64 bits per heavy atom. The number of aromatic nitrogens is 2. The number of para-hydroxylation sites is 1. The molecule has 1 aliphatic carbocycles. The van der Waals surface area contributed by atoms with Crippen molar-refractivity contribution in [3.8, 4) is 5.69 Å². The summed E-state index contributed by atoms with van der Waals surface area (Å²) in [7, 11) is 0. The van der Waals surface area contributed by atoms with Crippen LogP contribution in [-0.4, -0.2) is 27.4 Å². The monoisotopic (exact) mass is 518 g/mol. The Labute approximate surface area is 212 Å². The fourth-order valence-corrected chi connectivity index (χ4v) is 5.63. The van der Waals surface area contributed by atoms with E-state index in [1.54, 1.807) is 24.3 Å². The van der Waals surface area contributed by atoms with E-state index in [-0.39, 0.29) is 34.0 Å². The minimum absolute atomic E-state index is 0.0323. The lowest BCUT2D eigenvalue weighted by Crippen LogP contribution is -2.36. The van der Waals surface area contributed by atoms with Crippen molar-refractivity contribution in [1.29, 1.82) is 0 Å². The molecule has 0 unspecified atom stereocenters. The Morgan fingerprint density at radius 1 is 1.17 bits per heavy atom. The molecule has 1 fully saturated rings. The number of carbonyl (C=O) groups is 1. The van der Waals surface area contributed by atoms with Crippen molar-refractivity contribution in [2.45, 2.75) is 57.5 Å². The van der Waals surface area contributed by atoms with E-state index in [1.807, 2.05) is 0 Å². The first-order valence-electron chi connectivity index (χ1n) is 12.1. The molecule has 192 valence electrons. The number of rotatable bonds is 6. The number of esters is 1. The fourth-order valence-electron chi connectivity index (χ4n) is 4.83. The first-order chi connectivity index (χ1) is 17.0. The topological polar surface area (TPSA) is 61.2 Å². The second-order valence-corrected chi connectivity index (χ2v) is 10.7. The number of nitrogens with zero attached hydrogens (tertiary/aromatic N) is 2. The third kappa shape index (κ3) is 5.77. The molecule has 0 spiro atoms. The van der Waals surface area contributed by atoms with Gasteiger partial charge in [0.25, 0.3) is 5.56 Å². The molecule has 1 saturated carbocycles. The van der Waals surface area contributed by atoms with Gasteiger partial charge in [0.05, 0.1) is 27.9 Å². The van der Waals surface area contributed by atoms with Gasteiger partial charge in [0.15, 0.2) is 5.16 Å². The van der Waals surface area contributed by atoms with Crippen molar-refractivity contribution < 1.29 is 22.7 Å². The highest BCUT2D eigenvalue weighted by Crippen LogP contribution is 2.36. The molecule has 1 aromatic heterocycles. The van der Waals surface area contributed by atoms with Crippen LogP contribution in [0.15, 0.2) is 58.5 Å². The predicted octanol–water partition coefficient (Wildman–Crippen LogP) is 6.50. The number of fused-ring (bicyclic) bond motifs is 1. The summed E-state index contributed by atoms with van der Waals surface area (Å²) in [6, 6.07) is 11.2. The van der Waals surface area contributed by atoms with Crippen LogP contribution in [0, 0.1) is 17.8 Å². The molecule has 0 saturated heterocycles. The molecule has 1 aliphatic rings. The molecule has 3 aromatic rings. The largest absolute Gasteiger partial charge is 0.461 e. The van der Waals surface area contributed by atoms with Crippen LogP contribution >= 0.6 is 11.8 Å². The van der Waals surface area contributed by atoms with Crippen LogP contribution in [0.2, 0.25) is 0 Å². The Kier molecular flexibility index (Phi) is 7.78. The Balaban J connectivity index is 1.64. The van der Waals surface area contributed by atoms with Crippen molar-refractivity contribution >= 4 is 28.6 Å². The maximum atomic E-state index is 13.4. The van der Waals surface area contributed by atoms with Crippen LogP contribution in [0.4, 0.5) is 13.2 Å². The maximum absolute atomic E-state index is 13.4. The van der Waals surface area contributed by atoms with Crippen molar-refractivity contribution in [2.75, 3.05) is 5.75 Å². The van der Waals surface area contributed by atoms with Gasteiger partial charge >= 0.3 is 12.1 Å². The van der Waals surface area contributed by atoms with E-state index >= 15 is 0 Å². The van der Waals surface area contributed by atoms with E-state index in [0.29, 0.717) is 17.4 Å². The average molecular weight is 519 g/mol. The summed E-state index contributed by atoms with van der Waals surface area (Å²) < 4.78 is 47.1. The number of carbonyl (C=O) groups excluding carboxylic acids is 1. The van der Waals surface area contributed by atoms with Crippen LogP contribution < -0.4 is 5.56 Å². The second-order valence-electron chi connectivity index (χ2n) is 9.74. The first-order valence-corrected chi connectivity index (χ1v) is 13.0. The summed E-state index contributed by atoms with van der Waals surface area (Å²) in [5.41, 5.74) is -0.939. The van der Waals surface area contributed by atoms with E-state index < -0.39 is 23.3 Å². The van der Waals surface area contributed by atoms with Crippen LogP contribution in [0.1, 0.15) is 45.6 Å². The number of hydrogen-bond donors (Lipinski definition) is 0. The zero-order chi connectivity index (χ0) is 26.0. The molecular weight excluding hydrogens is 489 g/mol. The van der Waals surface area contributed by atoms with Gasteiger partial charge in [-0.2, -0.15) is 13.2 Å². The third-order valence-electron chi connectivity index (χ3n) is 6.74. The highest BCUT2D eigenvalue weighted by atomic mass is 32.2. The van der Waals surface area contributed by atoms with Gasteiger partial charge in [0.1, 0.15) is 6.10 Å². The van der Waals surface area contributed by atoms with E-state index in [2.05, 4.69) is 25.8 Å². The number of ether oxygens (including phenoxy) is 1. The summed E-state index contributed by atoms with van der Waals surface area (Å²) in [6.45, 7) is 6.41. The summed E-state index contributed by atoms with van der Waals surface area (Å²) >= 11 is 0.987. The summed E-state index contributed by atoms with van der Waals surface area (Å²) in [5, 5.41) is 0.408. The van der Waals surface area contributed by atoms with E-state index in [0.717, 1.165) is 47.7 Å². The molecule has 5 nitrogen and oxygen atoms in total. The molecule has 4 rings (SSSR count). The molecule has 3 atom stereocenters. The smallest absolute Gasteiger partial charge is 0.416 e. The molecule has 0 N–H and O–H groups in total. The molecule has 0 bridgehead atoms. The first kappa shape index (κ1) is 26.3. The second kappa shape index (κ2) is 10.7. The molecule has 0 amide bonds. The minimum atomic E-state index is -4.56. The average Bonchev–Trinajstić information content (AvgIpc) is 2.82. The normalized spacial score (nSPS) is 20.6. The molecule has 2 aromatic carbocycles. The lowest BCUT2D eigenvalue weighted by Gasteiger charge is -2.36. The van der Waals surface area contributed by atoms with Gasteiger partial charge in [0, 0.05) is 0 Å². The highest BCUT2D eigenvalue weighted by molar-refractivity contribution is 7.99. The molecule has 36 heavy (non-hydrogen) atoms. The van der Waals surface area contributed by atoms with Gasteiger partial charge in [-0.1, -0.05) is 57.2 Å². The van der Waals surface area contributed by atoms with Crippen molar-refractivity contribution in [1.82, 2.24) is 9.55 Å². The highest BCUT2D eigenvalue weighted by Gasteiger charge is 2.34. The predicted molar refractivity (Wildman–Crippen MR) is 134 cm³/mol. The minimum Gasteiger partial charge on any atom is -0.461 e. The zero-order valence-electron chi connectivity index (χ0n) is 20.4. The van der Waals surface area contributed by atoms with Crippen LogP contribution in [0.3, 0.4) is 0 Å². The van der Waals surface area contributed by atoms with Crippen molar-refractivity contribution in [3.05, 3.63) is 64.4 Å². The summed E-state index contributed by atoms with van der Waals surface area (Å²) in [5.74, 6) is 0.606. The number of hydrogen-bond acceptors (Lipinski definition) is 5. The molecule has 9 heteroatoms. The van der Waals surface area contributed by atoms with Gasteiger partial charge in [0.2, 0.25) is 0 Å². The standard InChI is InChI=1S/C27H29F3N2O3S/c1-16(2)20-12-11-17(3)13-23(20)35-24(33)15-36-26-31-22-10-5-4-9-21(22)25(34)32(26)19-8-6-7-18(14-19)27(28,29)30/h4-10,14,16-17,20,23H,11-13,15H2,1-3H3/t17-,20-,23-/m0/s1. The van der Waals surface area contributed by atoms with Crippen molar-refractivity contribution in [2.24, 2.45) is 17.8 Å². The van der Waals surface area contributed by atoms with Crippen LogP contribution in [-0.2, 0) is 15.7 Å². The van der Waals surface area contributed by atoms with E-state index in [1.165, 1.54) is 12.1 Å². The van der Waals surface area contributed by atoms with E-state index in [9.17, 15) is 22.8 Å². The van der Waals surface area contributed by atoms with Gasteiger partial charge in [-0.05, 0) is 60.9 Å². The Hall–Kier alpha value is -2.81. The van der Waals surface area contributed by atoms with Crippen molar-refractivity contribution in [3.63, 3.8) is 0 Å². The summed E-state index contributed by atoms with van der Waals surface area (Å²) in [6.07, 6.45) is -1.81.